The van der Waals surface area contributed by atoms with Crippen molar-refractivity contribution in [1.82, 2.24) is 0 Å². The first kappa shape index (κ1) is 8.51. The van der Waals surface area contributed by atoms with E-state index in [1.54, 1.807) is 0 Å². The van der Waals surface area contributed by atoms with E-state index in [-0.39, 0.29) is 0 Å². The molecule has 0 bridgehead atoms. The molecule has 1 fully saturated rings. The van der Waals surface area contributed by atoms with Gasteiger partial charge in [-0.2, -0.15) is 0 Å². The molecule has 1 aliphatic carbocycles. The van der Waals surface area contributed by atoms with E-state index in [0.717, 1.165) is 19.3 Å². The van der Waals surface area contributed by atoms with Crippen LogP contribution in [0.1, 0.15) is 39.0 Å². The predicted molar refractivity (Wildman–Crippen MR) is 46.4 cm³/mol. The number of rotatable bonds is 1. The van der Waals surface area contributed by atoms with Crippen molar-refractivity contribution in [3.8, 4) is 0 Å². The summed E-state index contributed by atoms with van der Waals surface area (Å²) in [6.45, 7) is 5.93. The molecule has 0 saturated heterocycles. The van der Waals surface area contributed by atoms with Crippen LogP contribution in [0.3, 0.4) is 0 Å². The van der Waals surface area contributed by atoms with Crippen molar-refractivity contribution in [3.63, 3.8) is 0 Å². The highest BCUT2D eigenvalue weighted by molar-refractivity contribution is 5.79. The summed E-state index contributed by atoms with van der Waals surface area (Å²) in [6, 6.07) is 0. The first-order valence-electron chi connectivity index (χ1n) is 4.37. The molecule has 1 rings (SSSR count). The standard InChI is InChI=1S/C10H16O/c1-8(2)9-5-3-4-6-10(11)7-9/h9H,1,3-7H2,2H3/t9-/m0/s1. The monoisotopic (exact) mass is 152 g/mol. The summed E-state index contributed by atoms with van der Waals surface area (Å²) >= 11 is 0. The summed E-state index contributed by atoms with van der Waals surface area (Å²) in [4.78, 5) is 11.2. The minimum atomic E-state index is 0.426. The van der Waals surface area contributed by atoms with Gasteiger partial charge in [0.05, 0.1) is 0 Å². The largest absolute Gasteiger partial charge is 0.300 e. The molecule has 1 heteroatoms. The molecule has 0 N–H and O–H groups in total. The molecule has 0 unspecified atom stereocenters. The van der Waals surface area contributed by atoms with Gasteiger partial charge in [-0.25, -0.2) is 0 Å². The fraction of sp³-hybridized carbons (Fsp3) is 0.700. The topological polar surface area (TPSA) is 17.1 Å². The van der Waals surface area contributed by atoms with Crippen LogP contribution in [0, 0.1) is 5.92 Å². The first-order valence-corrected chi connectivity index (χ1v) is 4.37. The Morgan fingerprint density at radius 3 is 2.91 bits per heavy atom. The Hall–Kier alpha value is -0.590. The van der Waals surface area contributed by atoms with Crippen molar-refractivity contribution >= 4 is 5.78 Å². The quantitative estimate of drug-likeness (QED) is 0.417. The number of ketones is 1. The van der Waals surface area contributed by atoms with E-state index < -0.39 is 0 Å². The number of allylic oxidation sites excluding steroid dienone is 1. The van der Waals surface area contributed by atoms with Crippen molar-refractivity contribution in [2.24, 2.45) is 5.92 Å². The van der Waals surface area contributed by atoms with Crippen molar-refractivity contribution in [1.29, 1.82) is 0 Å². The molecule has 0 heterocycles. The number of hydrogen-bond donors (Lipinski definition) is 0. The second-order valence-electron chi connectivity index (χ2n) is 3.53. The summed E-state index contributed by atoms with van der Waals surface area (Å²) in [7, 11) is 0. The maximum atomic E-state index is 11.2. The molecule has 1 atom stereocenters. The van der Waals surface area contributed by atoms with E-state index in [2.05, 4.69) is 6.58 Å². The highest BCUT2D eigenvalue weighted by Gasteiger charge is 2.17. The van der Waals surface area contributed by atoms with Gasteiger partial charge < -0.3 is 0 Å². The van der Waals surface area contributed by atoms with Crippen LogP contribution in [0.25, 0.3) is 0 Å². The van der Waals surface area contributed by atoms with Crippen LogP contribution in [0.5, 0.6) is 0 Å². The van der Waals surface area contributed by atoms with Crippen LogP contribution in [-0.4, -0.2) is 5.78 Å². The van der Waals surface area contributed by atoms with Gasteiger partial charge in [0, 0.05) is 12.8 Å². The van der Waals surface area contributed by atoms with Crippen LogP contribution >= 0.6 is 0 Å². The van der Waals surface area contributed by atoms with Crippen molar-refractivity contribution in [2.45, 2.75) is 39.0 Å². The molecule has 0 aromatic heterocycles. The van der Waals surface area contributed by atoms with Crippen LogP contribution in [-0.2, 0) is 4.79 Å². The van der Waals surface area contributed by atoms with Crippen molar-refractivity contribution in [2.75, 3.05) is 0 Å². The average molecular weight is 152 g/mol. The molecule has 1 nitrogen and oxygen atoms in total. The zero-order valence-corrected chi connectivity index (χ0v) is 7.23. The third-order valence-corrected chi connectivity index (χ3v) is 2.43. The molecular formula is C10H16O. The summed E-state index contributed by atoms with van der Waals surface area (Å²) in [5, 5.41) is 0. The van der Waals surface area contributed by atoms with Gasteiger partial charge in [0.2, 0.25) is 0 Å². The minimum Gasteiger partial charge on any atom is -0.300 e. The van der Waals surface area contributed by atoms with Crippen LogP contribution in [0.4, 0.5) is 0 Å². The highest BCUT2D eigenvalue weighted by atomic mass is 16.1. The van der Waals surface area contributed by atoms with Gasteiger partial charge in [-0.05, 0) is 25.7 Å². The maximum absolute atomic E-state index is 11.2. The minimum absolute atomic E-state index is 0.426. The lowest BCUT2D eigenvalue weighted by Crippen LogP contribution is -2.05. The smallest absolute Gasteiger partial charge is 0.133 e. The number of hydrogen-bond acceptors (Lipinski definition) is 1. The van der Waals surface area contributed by atoms with Crippen molar-refractivity contribution < 1.29 is 4.79 Å². The summed E-state index contributed by atoms with van der Waals surface area (Å²) < 4.78 is 0. The van der Waals surface area contributed by atoms with Crippen LogP contribution in [0.15, 0.2) is 12.2 Å². The Morgan fingerprint density at radius 1 is 1.55 bits per heavy atom. The molecule has 0 aromatic rings. The average Bonchev–Trinajstić information content (AvgIpc) is 2.13. The number of carbonyl (C=O) groups is 1. The predicted octanol–water partition coefficient (Wildman–Crippen LogP) is 2.71. The van der Waals surface area contributed by atoms with Gasteiger partial charge in [-0.15, -0.1) is 0 Å². The summed E-state index contributed by atoms with van der Waals surface area (Å²) in [5.74, 6) is 0.903. The lowest BCUT2D eigenvalue weighted by atomic mass is 9.93. The molecule has 1 saturated carbocycles. The van der Waals surface area contributed by atoms with Gasteiger partial charge in [0.1, 0.15) is 5.78 Å². The molecule has 0 aliphatic heterocycles. The van der Waals surface area contributed by atoms with Crippen LogP contribution < -0.4 is 0 Å². The van der Waals surface area contributed by atoms with Gasteiger partial charge in [-0.1, -0.05) is 18.6 Å². The Bertz CT molecular complexity index is 170. The Labute approximate surface area is 68.5 Å². The maximum Gasteiger partial charge on any atom is 0.133 e. The molecule has 0 aromatic carbocycles. The van der Waals surface area contributed by atoms with E-state index in [1.807, 2.05) is 6.92 Å². The van der Waals surface area contributed by atoms with E-state index in [1.165, 1.54) is 18.4 Å². The fourth-order valence-electron chi connectivity index (χ4n) is 1.61. The summed E-state index contributed by atoms with van der Waals surface area (Å²) in [6.07, 6.45) is 4.99. The first-order chi connectivity index (χ1) is 5.20. The Balaban J connectivity index is 2.52. The second kappa shape index (κ2) is 3.70. The van der Waals surface area contributed by atoms with E-state index in [0.29, 0.717) is 11.7 Å². The zero-order valence-electron chi connectivity index (χ0n) is 7.23. The second-order valence-corrected chi connectivity index (χ2v) is 3.53. The van der Waals surface area contributed by atoms with E-state index >= 15 is 0 Å². The Morgan fingerprint density at radius 2 is 2.27 bits per heavy atom. The van der Waals surface area contributed by atoms with Gasteiger partial charge >= 0.3 is 0 Å². The van der Waals surface area contributed by atoms with Gasteiger partial charge in [-0.3, -0.25) is 4.79 Å². The molecule has 0 radical (unpaired) electrons. The third kappa shape index (κ3) is 2.49. The van der Waals surface area contributed by atoms with Gasteiger partial charge in [0.15, 0.2) is 0 Å². The SMILES string of the molecule is C=C(C)[C@H]1CCCCC(=O)C1. The summed E-state index contributed by atoms with van der Waals surface area (Å²) in [5.41, 5.74) is 1.18. The Kier molecular flexibility index (Phi) is 2.86. The normalized spacial score (nSPS) is 26.3. The number of Topliss-reactive ketones (excluding diaryl/α,β-unsaturated/α-hetero) is 1. The van der Waals surface area contributed by atoms with E-state index in [4.69, 9.17) is 0 Å². The molecular weight excluding hydrogens is 136 g/mol. The van der Waals surface area contributed by atoms with Gasteiger partial charge in [0.25, 0.3) is 0 Å². The molecule has 62 valence electrons. The van der Waals surface area contributed by atoms with Crippen molar-refractivity contribution in [3.05, 3.63) is 12.2 Å². The zero-order chi connectivity index (χ0) is 8.27. The lowest BCUT2D eigenvalue weighted by Gasteiger charge is -2.11. The molecule has 11 heavy (non-hydrogen) atoms. The van der Waals surface area contributed by atoms with E-state index in [9.17, 15) is 4.79 Å². The molecule has 1 aliphatic rings. The number of carbonyl (C=O) groups excluding carboxylic acids is 1. The fourth-order valence-corrected chi connectivity index (χ4v) is 1.61. The molecule has 0 amide bonds. The highest BCUT2D eigenvalue weighted by Crippen LogP contribution is 2.25. The lowest BCUT2D eigenvalue weighted by molar-refractivity contribution is -0.119. The van der Waals surface area contributed by atoms with Crippen LogP contribution in [0.2, 0.25) is 0 Å². The third-order valence-electron chi connectivity index (χ3n) is 2.43. The molecule has 0 spiro atoms.